The van der Waals surface area contributed by atoms with Gasteiger partial charge in [0.05, 0.1) is 24.6 Å². The first-order chi connectivity index (χ1) is 12.4. The van der Waals surface area contributed by atoms with Gasteiger partial charge in [0.25, 0.3) is 10.2 Å². The Morgan fingerprint density at radius 1 is 1.12 bits per heavy atom. The smallest absolute Gasteiger partial charge is 0.326 e. The molecule has 0 aromatic heterocycles. The van der Waals surface area contributed by atoms with E-state index in [-0.39, 0.29) is 19.1 Å². The van der Waals surface area contributed by atoms with Gasteiger partial charge in [-0.3, -0.25) is 0 Å². The molecule has 2 aliphatic heterocycles. The Hall–Kier alpha value is -1.40. The predicted molar refractivity (Wildman–Crippen MR) is 97.5 cm³/mol. The Balaban J connectivity index is 1.48. The highest BCUT2D eigenvalue weighted by molar-refractivity contribution is 7.94. The van der Waals surface area contributed by atoms with Crippen molar-refractivity contribution in [3.05, 3.63) is 24.3 Å². The van der Waals surface area contributed by atoms with Gasteiger partial charge in [-0.2, -0.15) is 21.1 Å². The third-order valence-corrected chi connectivity index (χ3v) is 8.24. The number of hydrogen-bond acceptors (Lipinski definition) is 5. The molecule has 1 saturated heterocycles. The van der Waals surface area contributed by atoms with E-state index in [4.69, 9.17) is 4.74 Å². The summed E-state index contributed by atoms with van der Waals surface area (Å²) in [7, 11) is -7.31. The molecular weight excluding hydrogens is 380 g/mol. The molecule has 2 heterocycles. The first-order valence-corrected chi connectivity index (χ1v) is 11.5. The lowest BCUT2D eigenvalue weighted by molar-refractivity contribution is 0.0725. The standard InChI is InChI=1S/C15H22N4O5S2/c20-25(21,17-9-11-24-12-10-17)16-7-8-18-14-3-1-2-4-15(14)19(13-5-6-13)26(18,22)23/h1-4,13,16H,5-12H2. The van der Waals surface area contributed by atoms with Crippen molar-refractivity contribution in [2.75, 3.05) is 48.0 Å². The van der Waals surface area contributed by atoms with Gasteiger partial charge in [0.1, 0.15) is 0 Å². The minimum atomic E-state index is -3.67. The van der Waals surface area contributed by atoms with E-state index in [0.29, 0.717) is 37.7 Å². The molecule has 144 valence electrons. The van der Waals surface area contributed by atoms with Gasteiger partial charge in [-0.15, -0.1) is 0 Å². The van der Waals surface area contributed by atoms with E-state index >= 15 is 0 Å². The molecule has 0 spiro atoms. The van der Waals surface area contributed by atoms with Crippen molar-refractivity contribution in [2.24, 2.45) is 0 Å². The Labute approximate surface area is 153 Å². The summed E-state index contributed by atoms with van der Waals surface area (Å²) < 4.78 is 62.3. The SMILES string of the molecule is O=S(=O)(NCCN1c2ccccc2N(C2CC2)S1(=O)=O)N1CCOCC1. The molecule has 2 fully saturated rings. The number of ether oxygens (including phenoxy) is 1. The monoisotopic (exact) mass is 402 g/mol. The van der Waals surface area contributed by atoms with Gasteiger partial charge in [0, 0.05) is 32.2 Å². The lowest BCUT2D eigenvalue weighted by Crippen LogP contribution is -2.49. The number of anilines is 2. The van der Waals surface area contributed by atoms with E-state index < -0.39 is 20.4 Å². The summed E-state index contributed by atoms with van der Waals surface area (Å²) in [5.74, 6) is 0. The summed E-state index contributed by atoms with van der Waals surface area (Å²) in [5, 5.41) is 0. The van der Waals surface area contributed by atoms with Gasteiger partial charge in [0.15, 0.2) is 0 Å². The van der Waals surface area contributed by atoms with E-state index in [0.717, 1.165) is 12.8 Å². The Kier molecular flexibility index (Phi) is 4.59. The molecule has 0 atom stereocenters. The molecule has 11 heteroatoms. The average Bonchev–Trinajstić information content (AvgIpc) is 3.42. The first kappa shape index (κ1) is 18.0. The zero-order valence-corrected chi connectivity index (χ0v) is 15.9. The number of fused-ring (bicyclic) bond motifs is 1. The molecule has 1 aromatic carbocycles. The average molecular weight is 402 g/mol. The normalized spacial score (nSPS) is 23.2. The number of morpholine rings is 1. The number of para-hydroxylation sites is 2. The molecular formula is C15H22N4O5S2. The van der Waals surface area contributed by atoms with E-state index in [9.17, 15) is 16.8 Å². The van der Waals surface area contributed by atoms with Crippen LogP contribution in [0.3, 0.4) is 0 Å². The van der Waals surface area contributed by atoms with Crippen molar-refractivity contribution in [2.45, 2.75) is 18.9 Å². The van der Waals surface area contributed by atoms with Crippen LogP contribution in [0.4, 0.5) is 11.4 Å². The number of rotatable bonds is 6. The second-order valence-corrected chi connectivity index (χ2v) is 9.99. The Morgan fingerprint density at radius 2 is 1.77 bits per heavy atom. The van der Waals surface area contributed by atoms with Gasteiger partial charge in [-0.1, -0.05) is 12.1 Å². The van der Waals surface area contributed by atoms with Crippen LogP contribution < -0.4 is 13.3 Å². The van der Waals surface area contributed by atoms with Crippen LogP contribution in [0, 0.1) is 0 Å². The molecule has 3 aliphatic rings. The fourth-order valence-corrected chi connectivity index (χ4v) is 6.39. The second-order valence-electron chi connectivity index (χ2n) is 6.51. The summed E-state index contributed by atoms with van der Waals surface area (Å²) in [6.07, 6.45) is 1.70. The molecule has 4 rings (SSSR count). The number of hydrogen-bond donors (Lipinski definition) is 1. The molecule has 26 heavy (non-hydrogen) atoms. The van der Waals surface area contributed by atoms with Crippen LogP contribution in [0.2, 0.25) is 0 Å². The quantitative estimate of drug-likeness (QED) is 0.716. The largest absolute Gasteiger partial charge is 0.379 e. The molecule has 0 unspecified atom stereocenters. The van der Waals surface area contributed by atoms with Gasteiger partial charge in [-0.25, -0.2) is 13.3 Å². The fraction of sp³-hybridized carbons (Fsp3) is 0.600. The molecule has 1 saturated carbocycles. The highest BCUT2D eigenvalue weighted by atomic mass is 32.2. The molecule has 0 amide bonds. The van der Waals surface area contributed by atoms with Gasteiger partial charge in [0.2, 0.25) is 0 Å². The number of nitrogens with one attached hydrogen (secondary N) is 1. The predicted octanol–water partition coefficient (Wildman–Crippen LogP) is -0.113. The van der Waals surface area contributed by atoms with Crippen LogP contribution >= 0.6 is 0 Å². The lowest BCUT2D eigenvalue weighted by atomic mass is 10.2. The first-order valence-electron chi connectivity index (χ1n) is 8.65. The van der Waals surface area contributed by atoms with Gasteiger partial charge in [-0.05, 0) is 25.0 Å². The zero-order chi connectivity index (χ0) is 18.4. The van der Waals surface area contributed by atoms with Crippen molar-refractivity contribution < 1.29 is 21.6 Å². The molecule has 0 radical (unpaired) electrons. The molecule has 1 N–H and O–H groups in total. The summed E-state index contributed by atoms with van der Waals surface area (Å²) >= 11 is 0. The lowest BCUT2D eigenvalue weighted by Gasteiger charge is -2.27. The minimum absolute atomic E-state index is 0.00572. The zero-order valence-electron chi connectivity index (χ0n) is 14.2. The summed E-state index contributed by atoms with van der Waals surface area (Å²) in [4.78, 5) is 0. The van der Waals surface area contributed by atoms with Crippen LogP contribution in [0.1, 0.15) is 12.8 Å². The third-order valence-electron chi connectivity index (χ3n) is 4.70. The minimum Gasteiger partial charge on any atom is -0.379 e. The molecule has 1 aromatic rings. The number of benzene rings is 1. The van der Waals surface area contributed by atoms with Gasteiger partial charge < -0.3 is 4.74 Å². The summed E-state index contributed by atoms with van der Waals surface area (Å²) in [6, 6.07) is 7.16. The number of nitrogens with zero attached hydrogens (tertiary/aromatic N) is 3. The Morgan fingerprint density at radius 3 is 2.42 bits per heavy atom. The van der Waals surface area contributed by atoms with Crippen LogP contribution in [0.25, 0.3) is 0 Å². The van der Waals surface area contributed by atoms with E-state index in [2.05, 4.69) is 4.72 Å². The van der Waals surface area contributed by atoms with Gasteiger partial charge >= 0.3 is 10.2 Å². The van der Waals surface area contributed by atoms with E-state index in [1.165, 1.54) is 12.9 Å². The maximum Gasteiger partial charge on any atom is 0.326 e. The van der Waals surface area contributed by atoms with Crippen molar-refractivity contribution in [1.82, 2.24) is 9.03 Å². The fourth-order valence-electron chi connectivity index (χ4n) is 3.30. The second kappa shape index (κ2) is 6.64. The van der Waals surface area contributed by atoms with Crippen LogP contribution in [-0.4, -0.2) is 66.6 Å². The highest BCUT2D eigenvalue weighted by Gasteiger charge is 2.47. The van der Waals surface area contributed by atoms with Crippen molar-refractivity contribution in [1.29, 1.82) is 0 Å². The van der Waals surface area contributed by atoms with Crippen molar-refractivity contribution in [3.63, 3.8) is 0 Å². The molecule has 1 aliphatic carbocycles. The Bertz CT molecular complexity index is 879. The maximum absolute atomic E-state index is 12.9. The third kappa shape index (κ3) is 3.18. The van der Waals surface area contributed by atoms with Crippen LogP contribution in [-0.2, 0) is 25.2 Å². The van der Waals surface area contributed by atoms with E-state index in [1.54, 1.807) is 18.2 Å². The van der Waals surface area contributed by atoms with Crippen LogP contribution in [0.15, 0.2) is 24.3 Å². The van der Waals surface area contributed by atoms with Crippen molar-refractivity contribution in [3.8, 4) is 0 Å². The topological polar surface area (TPSA) is 99.3 Å². The maximum atomic E-state index is 12.9. The molecule has 0 bridgehead atoms. The van der Waals surface area contributed by atoms with Crippen LogP contribution in [0.5, 0.6) is 0 Å². The summed E-state index contributed by atoms with van der Waals surface area (Å²) in [6.45, 7) is 1.39. The summed E-state index contributed by atoms with van der Waals surface area (Å²) in [5.41, 5.74) is 1.27. The highest BCUT2D eigenvalue weighted by Crippen LogP contribution is 2.46. The van der Waals surface area contributed by atoms with E-state index in [1.807, 2.05) is 6.07 Å². The van der Waals surface area contributed by atoms with Crippen molar-refractivity contribution >= 4 is 31.8 Å². The molecule has 9 nitrogen and oxygen atoms in total.